The Morgan fingerprint density at radius 1 is 1.19 bits per heavy atom. The lowest BCUT2D eigenvalue weighted by Crippen LogP contribution is -2.25. The molecule has 27 heavy (non-hydrogen) atoms. The average Bonchev–Trinajstić information content (AvgIpc) is 3.25. The molecule has 1 saturated heterocycles. The molecule has 138 valence electrons. The van der Waals surface area contributed by atoms with E-state index < -0.39 is 11.6 Å². The first-order valence-corrected chi connectivity index (χ1v) is 8.68. The Bertz CT molecular complexity index is 991. The number of halogens is 3. The van der Waals surface area contributed by atoms with Gasteiger partial charge in [-0.2, -0.15) is 4.98 Å². The van der Waals surface area contributed by atoms with E-state index in [2.05, 4.69) is 10.1 Å². The fourth-order valence-corrected chi connectivity index (χ4v) is 3.19. The molecule has 0 aliphatic carbocycles. The molecular formula is C19H14ClF2N3O2. The zero-order chi connectivity index (χ0) is 19.0. The predicted octanol–water partition coefficient (Wildman–Crippen LogP) is 4.18. The summed E-state index contributed by atoms with van der Waals surface area (Å²) >= 11 is 5.87. The lowest BCUT2D eigenvalue weighted by molar-refractivity contribution is -0.128. The molecule has 8 heteroatoms. The van der Waals surface area contributed by atoms with Crippen LogP contribution in [0.15, 0.2) is 47.0 Å². The van der Waals surface area contributed by atoms with Crippen molar-refractivity contribution in [2.24, 2.45) is 0 Å². The van der Waals surface area contributed by atoms with Gasteiger partial charge in [-0.15, -0.1) is 0 Å². The van der Waals surface area contributed by atoms with E-state index in [-0.39, 0.29) is 30.4 Å². The molecular weight excluding hydrogens is 376 g/mol. The van der Waals surface area contributed by atoms with Gasteiger partial charge in [-0.25, -0.2) is 8.78 Å². The molecule has 2 aromatic carbocycles. The van der Waals surface area contributed by atoms with Crippen LogP contribution in [-0.4, -0.2) is 27.5 Å². The predicted molar refractivity (Wildman–Crippen MR) is 93.9 cm³/mol. The van der Waals surface area contributed by atoms with E-state index in [4.69, 9.17) is 16.1 Å². The van der Waals surface area contributed by atoms with Gasteiger partial charge in [0, 0.05) is 41.7 Å². The number of carbonyl (C=O) groups excluding carboxylic acids is 1. The molecule has 0 spiro atoms. The Hall–Kier alpha value is -2.80. The van der Waals surface area contributed by atoms with Gasteiger partial charge in [-0.05, 0) is 30.3 Å². The first kappa shape index (κ1) is 17.6. The molecule has 5 nitrogen and oxygen atoms in total. The number of hydrogen-bond donors (Lipinski definition) is 0. The summed E-state index contributed by atoms with van der Waals surface area (Å²) < 4.78 is 32.2. The van der Waals surface area contributed by atoms with Crippen molar-refractivity contribution in [1.82, 2.24) is 15.0 Å². The van der Waals surface area contributed by atoms with Gasteiger partial charge in [0.25, 0.3) is 0 Å². The van der Waals surface area contributed by atoms with Crippen molar-refractivity contribution >= 4 is 17.5 Å². The molecule has 1 fully saturated rings. The van der Waals surface area contributed by atoms with Crippen molar-refractivity contribution in [2.45, 2.75) is 18.9 Å². The van der Waals surface area contributed by atoms with E-state index in [1.165, 1.54) is 17.0 Å². The molecule has 1 aliphatic heterocycles. The van der Waals surface area contributed by atoms with Crippen molar-refractivity contribution in [3.8, 4) is 11.4 Å². The van der Waals surface area contributed by atoms with Crippen molar-refractivity contribution < 1.29 is 18.1 Å². The second-order valence-electron chi connectivity index (χ2n) is 6.37. The zero-order valence-corrected chi connectivity index (χ0v) is 14.8. The summed E-state index contributed by atoms with van der Waals surface area (Å²) in [4.78, 5) is 18.2. The maximum atomic E-state index is 13.8. The highest BCUT2D eigenvalue weighted by molar-refractivity contribution is 6.30. The maximum Gasteiger partial charge on any atom is 0.232 e. The van der Waals surface area contributed by atoms with Crippen LogP contribution in [-0.2, 0) is 11.3 Å². The summed E-state index contributed by atoms with van der Waals surface area (Å²) in [7, 11) is 0. The minimum atomic E-state index is -0.672. The topological polar surface area (TPSA) is 59.2 Å². The van der Waals surface area contributed by atoms with Gasteiger partial charge in [-0.3, -0.25) is 4.79 Å². The zero-order valence-electron chi connectivity index (χ0n) is 14.0. The number of nitrogens with zero attached hydrogens (tertiary/aromatic N) is 3. The Balaban J connectivity index is 1.48. The van der Waals surface area contributed by atoms with Crippen LogP contribution >= 0.6 is 11.6 Å². The largest absolute Gasteiger partial charge is 0.339 e. The van der Waals surface area contributed by atoms with Crippen molar-refractivity contribution in [2.75, 3.05) is 6.54 Å². The van der Waals surface area contributed by atoms with Gasteiger partial charge in [0.2, 0.25) is 17.6 Å². The molecule has 1 aromatic heterocycles. The quantitative estimate of drug-likeness (QED) is 0.671. The SMILES string of the molecule is O=C1CC(c2nc(-c3ccc(Cl)cc3)no2)CN1Cc1ccc(F)cc1F. The molecule has 2 heterocycles. The van der Waals surface area contributed by atoms with Crippen molar-refractivity contribution in [1.29, 1.82) is 0 Å². The number of hydrogen-bond acceptors (Lipinski definition) is 4. The third-order valence-corrected chi connectivity index (χ3v) is 4.74. The third-order valence-electron chi connectivity index (χ3n) is 4.48. The summed E-state index contributed by atoms with van der Waals surface area (Å²) in [5, 5.41) is 4.56. The number of aromatic nitrogens is 2. The van der Waals surface area contributed by atoms with Gasteiger partial charge < -0.3 is 9.42 Å². The number of amides is 1. The fraction of sp³-hybridized carbons (Fsp3) is 0.211. The molecule has 4 rings (SSSR count). The summed E-state index contributed by atoms with van der Waals surface area (Å²) in [6.45, 7) is 0.400. The van der Waals surface area contributed by atoms with E-state index in [0.29, 0.717) is 23.3 Å². The summed E-state index contributed by atoms with van der Waals surface area (Å²) in [6, 6.07) is 10.3. The monoisotopic (exact) mass is 389 g/mol. The standard InChI is InChI=1S/C19H14ClF2N3O2/c20-14-4-1-11(2-5-14)18-23-19(27-24-18)13-7-17(26)25(10-13)9-12-3-6-15(21)8-16(12)22/h1-6,8,13H,7,9-10H2. The van der Waals surface area contributed by atoms with Gasteiger partial charge in [0.15, 0.2) is 0 Å². The normalized spacial score (nSPS) is 16.9. The van der Waals surface area contributed by atoms with Crippen LogP contribution < -0.4 is 0 Å². The number of benzene rings is 2. The highest BCUT2D eigenvalue weighted by Gasteiger charge is 2.34. The molecule has 3 aromatic rings. The van der Waals surface area contributed by atoms with Gasteiger partial charge in [0.05, 0.1) is 5.92 Å². The molecule has 1 amide bonds. The molecule has 0 bridgehead atoms. The Kier molecular flexibility index (Phi) is 4.61. The highest BCUT2D eigenvalue weighted by atomic mass is 35.5. The van der Waals surface area contributed by atoms with E-state index in [0.717, 1.165) is 11.6 Å². The Morgan fingerprint density at radius 3 is 2.70 bits per heavy atom. The van der Waals surface area contributed by atoms with Gasteiger partial charge >= 0.3 is 0 Å². The van der Waals surface area contributed by atoms with Gasteiger partial charge in [-0.1, -0.05) is 22.8 Å². The molecule has 1 unspecified atom stereocenters. The Morgan fingerprint density at radius 2 is 1.96 bits per heavy atom. The van der Waals surface area contributed by atoms with E-state index in [1.807, 2.05) is 0 Å². The van der Waals surface area contributed by atoms with Crippen LogP contribution in [0.25, 0.3) is 11.4 Å². The molecule has 1 atom stereocenters. The van der Waals surface area contributed by atoms with Crippen LogP contribution in [0.4, 0.5) is 8.78 Å². The van der Waals surface area contributed by atoms with Crippen LogP contribution in [0.1, 0.15) is 23.8 Å². The van der Waals surface area contributed by atoms with Crippen molar-refractivity contribution in [3.63, 3.8) is 0 Å². The number of carbonyl (C=O) groups is 1. The van der Waals surface area contributed by atoms with E-state index >= 15 is 0 Å². The highest BCUT2D eigenvalue weighted by Crippen LogP contribution is 2.30. The molecule has 0 radical (unpaired) electrons. The van der Waals surface area contributed by atoms with Crippen molar-refractivity contribution in [3.05, 3.63) is 70.6 Å². The third kappa shape index (κ3) is 3.68. The summed E-state index contributed by atoms with van der Waals surface area (Å²) in [6.07, 6.45) is 0.199. The first-order chi connectivity index (χ1) is 13.0. The van der Waals surface area contributed by atoms with Crippen LogP contribution in [0, 0.1) is 11.6 Å². The smallest absolute Gasteiger partial charge is 0.232 e. The summed E-state index contributed by atoms with van der Waals surface area (Å²) in [5.74, 6) is -0.964. The minimum absolute atomic E-state index is 0.0691. The number of rotatable bonds is 4. The van der Waals surface area contributed by atoms with E-state index in [1.54, 1.807) is 24.3 Å². The average molecular weight is 390 g/mol. The number of likely N-dealkylation sites (tertiary alicyclic amines) is 1. The lowest BCUT2D eigenvalue weighted by atomic mass is 10.1. The van der Waals surface area contributed by atoms with Crippen LogP contribution in [0.2, 0.25) is 5.02 Å². The first-order valence-electron chi connectivity index (χ1n) is 8.31. The van der Waals surface area contributed by atoms with Gasteiger partial charge in [0.1, 0.15) is 11.6 Å². The van der Waals surface area contributed by atoms with E-state index in [9.17, 15) is 13.6 Å². The molecule has 0 N–H and O–H groups in total. The Labute approximate surface area is 158 Å². The maximum absolute atomic E-state index is 13.8. The second-order valence-corrected chi connectivity index (χ2v) is 6.81. The minimum Gasteiger partial charge on any atom is -0.339 e. The van der Waals surface area contributed by atoms with Crippen LogP contribution in [0.3, 0.4) is 0 Å². The van der Waals surface area contributed by atoms with Crippen LogP contribution in [0.5, 0.6) is 0 Å². The fourth-order valence-electron chi connectivity index (χ4n) is 3.06. The lowest BCUT2D eigenvalue weighted by Gasteiger charge is -2.16. The molecule has 0 saturated carbocycles. The second kappa shape index (κ2) is 7.08. The summed E-state index contributed by atoms with van der Waals surface area (Å²) in [5.41, 5.74) is 1.02. The molecule has 1 aliphatic rings.